The molecule has 0 aromatic carbocycles. The van der Waals surface area contributed by atoms with E-state index in [2.05, 4.69) is 34.9 Å². The number of rotatable bonds is 9. The Bertz CT molecular complexity index is 516. The summed E-state index contributed by atoms with van der Waals surface area (Å²) in [6.07, 6.45) is 3.74. The summed E-state index contributed by atoms with van der Waals surface area (Å²) in [5, 5.41) is 5.99. The SMILES string of the molecule is CCN1NN=C(c2ccc(OCCC(C)(C)CCOC)nc2)N1. The van der Waals surface area contributed by atoms with Gasteiger partial charge in [0.15, 0.2) is 5.84 Å². The van der Waals surface area contributed by atoms with Crippen LogP contribution in [0, 0.1) is 5.41 Å². The Labute approximate surface area is 138 Å². The standard InChI is InChI=1S/C16H27N5O2/c1-5-21-19-15(18-20-21)13-6-7-14(17-12-13)23-11-9-16(2,3)8-10-22-4/h6-7,12,20H,5,8-11H2,1-4H3,(H,18,19). The van der Waals surface area contributed by atoms with Crippen molar-refractivity contribution in [1.29, 1.82) is 0 Å². The number of hydrazine groups is 2. The first-order valence-electron chi connectivity index (χ1n) is 8.00. The molecule has 0 spiro atoms. The number of hydrogen-bond donors (Lipinski definition) is 2. The van der Waals surface area contributed by atoms with Crippen LogP contribution < -0.4 is 15.7 Å². The first-order valence-corrected chi connectivity index (χ1v) is 8.00. The molecule has 0 bridgehead atoms. The maximum Gasteiger partial charge on any atom is 0.213 e. The fourth-order valence-corrected chi connectivity index (χ4v) is 2.11. The van der Waals surface area contributed by atoms with Crippen LogP contribution in [0.1, 0.15) is 39.2 Å². The van der Waals surface area contributed by atoms with E-state index in [9.17, 15) is 0 Å². The highest BCUT2D eigenvalue weighted by atomic mass is 16.5. The maximum atomic E-state index is 5.74. The quantitative estimate of drug-likeness (QED) is 0.724. The highest BCUT2D eigenvalue weighted by molar-refractivity contribution is 5.98. The average molecular weight is 321 g/mol. The summed E-state index contributed by atoms with van der Waals surface area (Å²) in [6, 6.07) is 3.82. The molecule has 2 rings (SSSR count). The highest BCUT2D eigenvalue weighted by Gasteiger charge is 2.18. The zero-order valence-corrected chi connectivity index (χ0v) is 14.4. The van der Waals surface area contributed by atoms with E-state index in [4.69, 9.17) is 9.47 Å². The predicted molar refractivity (Wildman–Crippen MR) is 89.8 cm³/mol. The first-order chi connectivity index (χ1) is 11.0. The molecule has 0 saturated heterocycles. The van der Waals surface area contributed by atoms with Crippen molar-refractivity contribution in [2.45, 2.75) is 33.6 Å². The molecule has 1 aromatic rings. The fraction of sp³-hybridized carbons (Fsp3) is 0.625. The van der Waals surface area contributed by atoms with Crippen LogP contribution in [-0.4, -0.2) is 42.8 Å². The smallest absolute Gasteiger partial charge is 0.213 e. The van der Waals surface area contributed by atoms with Gasteiger partial charge in [-0.15, -0.1) is 10.2 Å². The maximum absolute atomic E-state index is 5.74. The van der Waals surface area contributed by atoms with Crippen LogP contribution >= 0.6 is 0 Å². The lowest BCUT2D eigenvalue weighted by molar-refractivity contribution is 0.134. The van der Waals surface area contributed by atoms with Crippen molar-refractivity contribution < 1.29 is 9.47 Å². The van der Waals surface area contributed by atoms with Gasteiger partial charge in [0.25, 0.3) is 0 Å². The number of aromatic nitrogens is 1. The molecule has 2 N–H and O–H groups in total. The van der Waals surface area contributed by atoms with Gasteiger partial charge in [0.05, 0.1) is 6.61 Å². The van der Waals surface area contributed by atoms with E-state index in [1.165, 1.54) is 0 Å². The van der Waals surface area contributed by atoms with Crippen LogP contribution in [0.25, 0.3) is 0 Å². The second-order valence-corrected chi connectivity index (χ2v) is 6.31. The van der Waals surface area contributed by atoms with E-state index in [1.54, 1.807) is 18.4 Å². The number of amidine groups is 1. The zero-order chi connectivity index (χ0) is 16.7. The molecule has 0 aliphatic carbocycles. The number of hydrogen-bond acceptors (Lipinski definition) is 7. The molecule has 0 unspecified atom stereocenters. The van der Waals surface area contributed by atoms with Crippen molar-refractivity contribution >= 4 is 5.84 Å². The van der Waals surface area contributed by atoms with E-state index in [-0.39, 0.29) is 5.41 Å². The Morgan fingerprint density at radius 2 is 2.00 bits per heavy atom. The van der Waals surface area contributed by atoms with Crippen molar-refractivity contribution in [2.75, 3.05) is 26.9 Å². The summed E-state index contributed by atoms with van der Waals surface area (Å²) in [5.41, 5.74) is 7.14. The lowest BCUT2D eigenvalue weighted by atomic mass is 9.86. The number of ether oxygens (including phenoxy) is 2. The lowest BCUT2D eigenvalue weighted by Crippen LogP contribution is -2.41. The monoisotopic (exact) mass is 321 g/mol. The number of hydrazone groups is 1. The number of nitrogens with one attached hydrogen (secondary N) is 2. The summed E-state index contributed by atoms with van der Waals surface area (Å²) in [4.78, 5) is 4.34. The Morgan fingerprint density at radius 3 is 2.61 bits per heavy atom. The van der Waals surface area contributed by atoms with Crippen LogP contribution in [0.5, 0.6) is 5.88 Å². The van der Waals surface area contributed by atoms with Crippen molar-refractivity contribution in [3.63, 3.8) is 0 Å². The van der Waals surface area contributed by atoms with E-state index in [0.717, 1.165) is 37.4 Å². The third-order valence-corrected chi connectivity index (χ3v) is 3.86. The third kappa shape index (κ3) is 5.37. The summed E-state index contributed by atoms with van der Waals surface area (Å²) in [5.74, 6) is 1.39. The molecular formula is C16H27N5O2. The average Bonchev–Trinajstić information content (AvgIpc) is 3.02. The largest absolute Gasteiger partial charge is 0.478 e. The molecule has 23 heavy (non-hydrogen) atoms. The normalized spacial score (nSPS) is 15.0. The highest BCUT2D eigenvalue weighted by Crippen LogP contribution is 2.25. The lowest BCUT2D eigenvalue weighted by Gasteiger charge is -2.23. The van der Waals surface area contributed by atoms with E-state index in [0.29, 0.717) is 12.5 Å². The summed E-state index contributed by atoms with van der Waals surface area (Å²) in [7, 11) is 1.73. The van der Waals surface area contributed by atoms with Crippen LogP contribution in [0.3, 0.4) is 0 Å². The van der Waals surface area contributed by atoms with Gasteiger partial charge in [-0.25, -0.2) is 10.5 Å². The molecule has 0 saturated carbocycles. The Hall–Kier alpha value is -1.86. The van der Waals surface area contributed by atoms with Crippen molar-refractivity contribution in [1.82, 2.24) is 21.1 Å². The van der Waals surface area contributed by atoms with Gasteiger partial charge >= 0.3 is 0 Å². The first kappa shape index (κ1) is 17.5. The van der Waals surface area contributed by atoms with Crippen molar-refractivity contribution in [3.05, 3.63) is 23.9 Å². The minimum Gasteiger partial charge on any atom is -0.478 e. The number of methoxy groups -OCH3 is 1. The summed E-state index contributed by atoms with van der Waals surface area (Å²) < 4.78 is 10.9. The van der Waals surface area contributed by atoms with Crippen LogP contribution in [0.2, 0.25) is 0 Å². The topological polar surface area (TPSA) is 71.0 Å². The van der Waals surface area contributed by atoms with E-state index in [1.807, 2.05) is 19.1 Å². The molecule has 7 nitrogen and oxygen atoms in total. The van der Waals surface area contributed by atoms with Gasteiger partial charge < -0.3 is 9.47 Å². The number of pyridine rings is 1. The molecule has 128 valence electrons. The third-order valence-electron chi connectivity index (χ3n) is 3.86. The van der Waals surface area contributed by atoms with Crippen LogP contribution in [-0.2, 0) is 4.74 Å². The summed E-state index contributed by atoms with van der Waals surface area (Å²) >= 11 is 0. The second kappa shape index (κ2) is 8.12. The van der Waals surface area contributed by atoms with Gasteiger partial charge in [-0.2, -0.15) is 0 Å². The molecule has 1 aliphatic rings. The minimum atomic E-state index is 0.202. The Morgan fingerprint density at radius 1 is 1.22 bits per heavy atom. The van der Waals surface area contributed by atoms with Crippen molar-refractivity contribution in [2.24, 2.45) is 10.5 Å². The minimum absolute atomic E-state index is 0.202. The van der Waals surface area contributed by atoms with Gasteiger partial charge in [-0.1, -0.05) is 13.8 Å². The van der Waals surface area contributed by atoms with Gasteiger partial charge in [0.1, 0.15) is 0 Å². The fourth-order valence-electron chi connectivity index (χ4n) is 2.11. The molecule has 0 amide bonds. The number of nitrogens with zero attached hydrogens (tertiary/aromatic N) is 3. The van der Waals surface area contributed by atoms with Gasteiger partial charge in [-0.3, -0.25) is 5.43 Å². The van der Waals surface area contributed by atoms with Crippen LogP contribution in [0.15, 0.2) is 23.4 Å². The van der Waals surface area contributed by atoms with Crippen LogP contribution in [0.4, 0.5) is 0 Å². The molecular weight excluding hydrogens is 294 g/mol. The predicted octanol–water partition coefficient (Wildman–Crippen LogP) is 1.92. The van der Waals surface area contributed by atoms with Crippen molar-refractivity contribution in [3.8, 4) is 5.88 Å². The van der Waals surface area contributed by atoms with E-state index < -0.39 is 0 Å². The molecule has 1 aromatic heterocycles. The molecule has 0 atom stereocenters. The molecule has 7 heteroatoms. The van der Waals surface area contributed by atoms with Gasteiger partial charge in [0, 0.05) is 38.1 Å². The van der Waals surface area contributed by atoms with Gasteiger partial charge in [0.2, 0.25) is 5.88 Å². The molecule has 0 fully saturated rings. The van der Waals surface area contributed by atoms with Gasteiger partial charge in [-0.05, 0) is 31.2 Å². The van der Waals surface area contributed by atoms with E-state index >= 15 is 0 Å². The second-order valence-electron chi connectivity index (χ2n) is 6.31. The Balaban J connectivity index is 1.79. The summed E-state index contributed by atoms with van der Waals surface area (Å²) in [6.45, 7) is 8.71. The molecule has 0 radical (unpaired) electrons. The zero-order valence-electron chi connectivity index (χ0n) is 14.4. The molecule has 1 aliphatic heterocycles. The molecule has 2 heterocycles. The Kier molecular flexibility index (Phi) is 6.18.